The lowest BCUT2D eigenvalue weighted by molar-refractivity contribution is 0.324. The first kappa shape index (κ1) is 17.7. The maximum Gasteiger partial charge on any atom is 0.203 e. The van der Waals surface area contributed by atoms with Gasteiger partial charge in [0.05, 0.1) is 35.0 Å². The van der Waals surface area contributed by atoms with E-state index in [9.17, 15) is 5.11 Å². The Morgan fingerprint density at radius 1 is 0.875 bits per heavy atom. The van der Waals surface area contributed by atoms with E-state index < -0.39 is 0 Å². The molecule has 0 atom stereocenters. The third-order valence-corrected chi connectivity index (χ3v) is 3.66. The molecule has 2 aromatic rings. The summed E-state index contributed by atoms with van der Waals surface area (Å²) in [5, 5.41) is 9.73. The summed E-state index contributed by atoms with van der Waals surface area (Å²) in [6, 6.07) is 11.2. The molecule has 1 N–H and O–H groups in total. The van der Waals surface area contributed by atoms with Crippen molar-refractivity contribution in [1.29, 1.82) is 0 Å². The Morgan fingerprint density at radius 3 is 1.88 bits per heavy atom. The summed E-state index contributed by atoms with van der Waals surface area (Å²) in [5.41, 5.74) is 2.52. The van der Waals surface area contributed by atoms with Crippen LogP contribution < -0.4 is 18.9 Å². The van der Waals surface area contributed by atoms with Gasteiger partial charge in [-0.25, -0.2) is 0 Å². The molecule has 0 fully saturated rings. The van der Waals surface area contributed by atoms with Gasteiger partial charge in [-0.05, 0) is 47.0 Å². The van der Waals surface area contributed by atoms with Crippen LogP contribution in [0.2, 0.25) is 0 Å². The lowest BCUT2D eigenvalue weighted by Gasteiger charge is -2.13. The van der Waals surface area contributed by atoms with Gasteiger partial charge in [0.25, 0.3) is 0 Å². The minimum atomic E-state index is -0.0943. The third kappa shape index (κ3) is 3.81. The van der Waals surface area contributed by atoms with Gasteiger partial charge in [0.1, 0.15) is 5.75 Å². The Kier molecular flexibility index (Phi) is 6.09. The van der Waals surface area contributed by atoms with Crippen LogP contribution in [0.4, 0.5) is 0 Å². The molecule has 0 saturated carbocycles. The lowest BCUT2D eigenvalue weighted by atomic mass is 10.0. The fourth-order valence-electron chi connectivity index (χ4n) is 2.41. The van der Waals surface area contributed by atoms with Crippen LogP contribution in [-0.4, -0.2) is 40.2 Å². The Morgan fingerprint density at radius 2 is 1.46 bits per heavy atom. The smallest absolute Gasteiger partial charge is 0.203 e. The number of methoxy groups -OCH3 is 4. The summed E-state index contributed by atoms with van der Waals surface area (Å²) in [7, 11) is 6.32. The first-order valence-electron chi connectivity index (χ1n) is 7.42. The largest absolute Gasteiger partial charge is 0.497 e. The molecule has 0 radical (unpaired) electrons. The minimum absolute atomic E-state index is 0.0943. The quantitative estimate of drug-likeness (QED) is 0.790. The normalized spacial score (nSPS) is 11.1. The van der Waals surface area contributed by atoms with Crippen molar-refractivity contribution in [2.75, 3.05) is 35.0 Å². The summed E-state index contributed by atoms with van der Waals surface area (Å²) >= 11 is 0. The predicted molar refractivity (Wildman–Crippen MR) is 94.0 cm³/mol. The molecule has 0 amide bonds. The predicted octanol–water partition coefficient (Wildman–Crippen LogP) is 3.25. The van der Waals surface area contributed by atoms with E-state index in [2.05, 4.69) is 0 Å². The van der Waals surface area contributed by atoms with Crippen LogP contribution >= 0.6 is 0 Å². The molecule has 0 aliphatic heterocycles. The standard InChI is InChI=1S/C19H22O5/c1-21-16-7-5-14(6-8-16)15(12-20)9-13-10-17(22-2)19(24-4)18(11-13)23-3/h5-11,20H,12H2,1-4H3/b15-9-. The van der Waals surface area contributed by atoms with E-state index in [0.29, 0.717) is 17.2 Å². The molecule has 0 unspecified atom stereocenters. The molecular formula is C19H22O5. The van der Waals surface area contributed by atoms with Crippen LogP contribution in [0.1, 0.15) is 11.1 Å². The Balaban J connectivity index is 2.46. The van der Waals surface area contributed by atoms with Crippen molar-refractivity contribution >= 4 is 11.6 Å². The van der Waals surface area contributed by atoms with Gasteiger partial charge in [0.15, 0.2) is 11.5 Å². The molecular weight excluding hydrogens is 308 g/mol. The van der Waals surface area contributed by atoms with E-state index in [4.69, 9.17) is 18.9 Å². The van der Waals surface area contributed by atoms with Crippen LogP contribution in [0.5, 0.6) is 23.0 Å². The second-order valence-corrected chi connectivity index (χ2v) is 5.01. The van der Waals surface area contributed by atoms with Crippen LogP contribution in [-0.2, 0) is 0 Å². The van der Waals surface area contributed by atoms with Gasteiger partial charge >= 0.3 is 0 Å². The topological polar surface area (TPSA) is 57.2 Å². The molecule has 0 heterocycles. The molecule has 24 heavy (non-hydrogen) atoms. The molecule has 0 aliphatic carbocycles. The molecule has 2 rings (SSSR count). The number of ether oxygens (including phenoxy) is 4. The average Bonchev–Trinajstić information content (AvgIpc) is 2.65. The van der Waals surface area contributed by atoms with Gasteiger partial charge in [0, 0.05) is 0 Å². The highest BCUT2D eigenvalue weighted by Gasteiger charge is 2.13. The highest BCUT2D eigenvalue weighted by Crippen LogP contribution is 2.39. The monoisotopic (exact) mass is 330 g/mol. The number of hydrogen-bond acceptors (Lipinski definition) is 5. The maximum atomic E-state index is 9.73. The highest BCUT2D eigenvalue weighted by atomic mass is 16.5. The van der Waals surface area contributed by atoms with E-state index in [1.807, 2.05) is 42.5 Å². The fourth-order valence-corrected chi connectivity index (χ4v) is 2.41. The van der Waals surface area contributed by atoms with Gasteiger partial charge < -0.3 is 24.1 Å². The zero-order chi connectivity index (χ0) is 17.5. The maximum absolute atomic E-state index is 9.73. The van der Waals surface area contributed by atoms with Crippen LogP contribution in [0.3, 0.4) is 0 Å². The Labute approximate surface area is 142 Å². The second-order valence-electron chi connectivity index (χ2n) is 5.01. The number of aliphatic hydroxyl groups is 1. The molecule has 0 aromatic heterocycles. The van der Waals surface area contributed by atoms with Gasteiger partial charge in [0.2, 0.25) is 5.75 Å². The van der Waals surface area contributed by atoms with E-state index >= 15 is 0 Å². The van der Waals surface area contributed by atoms with Crippen molar-refractivity contribution in [2.24, 2.45) is 0 Å². The summed E-state index contributed by atoms with van der Waals surface area (Å²) in [4.78, 5) is 0. The third-order valence-electron chi connectivity index (χ3n) is 3.66. The SMILES string of the molecule is COc1ccc(/C(=C\c2cc(OC)c(OC)c(OC)c2)CO)cc1. The second kappa shape index (κ2) is 8.26. The summed E-state index contributed by atoms with van der Waals surface area (Å²) in [6.45, 7) is -0.0943. The molecule has 2 aromatic carbocycles. The van der Waals surface area contributed by atoms with E-state index in [-0.39, 0.29) is 6.61 Å². The number of aliphatic hydroxyl groups excluding tert-OH is 1. The van der Waals surface area contributed by atoms with Gasteiger partial charge in [-0.15, -0.1) is 0 Å². The van der Waals surface area contributed by atoms with Crippen LogP contribution in [0.15, 0.2) is 36.4 Å². The summed E-state index contributed by atoms with van der Waals surface area (Å²) in [5.74, 6) is 2.43. The van der Waals surface area contributed by atoms with Crippen molar-refractivity contribution in [1.82, 2.24) is 0 Å². The molecule has 0 spiro atoms. The van der Waals surface area contributed by atoms with Crippen molar-refractivity contribution in [3.05, 3.63) is 47.5 Å². The number of rotatable bonds is 7. The van der Waals surface area contributed by atoms with Crippen molar-refractivity contribution in [3.8, 4) is 23.0 Å². The number of hydrogen-bond donors (Lipinski definition) is 1. The Bertz CT molecular complexity index is 679. The van der Waals surface area contributed by atoms with Crippen molar-refractivity contribution < 1.29 is 24.1 Å². The minimum Gasteiger partial charge on any atom is -0.497 e. The van der Waals surface area contributed by atoms with Crippen molar-refractivity contribution in [2.45, 2.75) is 0 Å². The van der Waals surface area contributed by atoms with Crippen molar-refractivity contribution in [3.63, 3.8) is 0 Å². The van der Waals surface area contributed by atoms with Gasteiger partial charge in [-0.3, -0.25) is 0 Å². The van der Waals surface area contributed by atoms with Crippen LogP contribution in [0, 0.1) is 0 Å². The zero-order valence-electron chi connectivity index (χ0n) is 14.3. The fraction of sp³-hybridized carbons (Fsp3) is 0.263. The lowest BCUT2D eigenvalue weighted by Crippen LogP contribution is -1.96. The molecule has 5 heteroatoms. The van der Waals surface area contributed by atoms with Gasteiger partial charge in [-0.2, -0.15) is 0 Å². The molecule has 0 saturated heterocycles. The molecule has 128 valence electrons. The summed E-state index contributed by atoms with van der Waals surface area (Å²) in [6.07, 6.45) is 1.88. The first-order valence-corrected chi connectivity index (χ1v) is 7.42. The van der Waals surface area contributed by atoms with E-state index in [0.717, 1.165) is 22.4 Å². The zero-order valence-corrected chi connectivity index (χ0v) is 14.3. The molecule has 0 aliphatic rings. The first-order chi connectivity index (χ1) is 11.7. The molecule has 5 nitrogen and oxygen atoms in total. The molecule has 0 bridgehead atoms. The average molecular weight is 330 g/mol. The van der Waals surface area contributed by atoms with E-state index in [1.165, 1.54) is 0 Å². The van der Waals surface area contributed by atoms with Gasteiger partial charge in [-0.1, -0.05) is 12.1 Å². The van der Waals surface area contributed by atoms with E-state index in [1.54, 1.807) is 28.4 Å². The van der Waals surface area contributed by atoms with Crippen LogP contribution in [0.25, 0.3) is 11.6 Å². The highest BCUT2D eigenvalue weighted by molar-refractivity contribution is 5.83. The Hall–Kier alpha value is -2.66. The summed E-state index contributed by atoms with van der Waals surface area (Å²) < 4.78 is 21.2. The number of benzene rings is 2.